The fourth-order valence-electron chi connectivity index (χ4n) is 2.89. The number of fused-ring (bicyclic) bond motifs is 1. The molecule has 0 radical (unpaired) electrons. The highest BCUT2D eigenvalue weighted by atomic mass is 16.4. The molecule has 106 valence electrons. The maximum absolute atomic E-state index is 11.6. The van der Waals surface area contributed by atoms with E-state index in [1.54, 1.807) is 23.1 Å². The number of nitrogens with one attached hydrogen (secondary N) is 1. The normalized spacial score (nSPS) is 21.6. The van der Waals surface area contributed by atoms with Crippen molar-refractivity contribution in [3.05, 3.63) is 23.8 Å². The second-order valence-electron chi connectivity index (χ2n) is 5.03. The van der Waals surface area contributed by atoms with Gasteiger partial charge >= 0.3 is 12.0 Å². The van der Waals surface area contributed by atoms with Crippen LogP contribution in [0.25, 0.3) is 0 Å². The van der Waals surface area contributed by atoms with Crippen molar-refractivity contribution in [3.63, 3.8) is 0 Å². The van der Waals surface area contributed by atoms with Crippen LogP contribution in [-0.4, -0.2) is 54.2 Å². The van der Waals surface area contributed by atoms with Crippen LogP contribution in [0.4, 0.5) is 16.2 Å². The molecule has 2 aliphatic heterocycles. The summed E-state index contributed by atoms with van der Waals surface area (Å²) >= 11 is 0. The van der Waals surface area contributed by atoms with Crippen molar-refractivity contribution in [1.82, 2.24) is 10.2 Å². The molecule has 0 saturated carbocycles. The molecule has 3 rings (SSSR count). The molecule has 0 bridgehead atoms. The third kappa shape index (κ3) is 1.91. The molecule has 2 fully saturated rings. The highest BCUT2D eigenvalue weighted by Gasteiger charge is 2.36. The lowest BCUT2D eigenvalue weighted by Gasteiger charge is -2.38. The Morgan fingerprint density at radius 2 is 2.20 bits per heavy atom. The molecule has 1 aromatic rings. The number of carbonyl (C=O) groups is 2. The second-order valence-corrected chi connectivity index (χ2v) is 5.03. The van der Waals surface area contributed by atoms with Crippen LogP contribution in [0.1, 0.15) is 10.4 Å². The molecular formula is C13H16N4O3. The third-order valence-corrected chi connectivity index (χ3v) is 3.85. The molecule has 0 spiro atoms. The summed E-state index contributed by atoms with van der Waals surface area (Å²) in [5.74, 6) is -0.990. The number of nitrogen functional groups attached to an aromatic ring is 1. The highest BCUT2D eigenvalue weighted by molar-refractivity contribution is 5.98. The van der Waals surface area contributed by atoms with Gasteiger partial charge in [0.2, 0.25) is 0 Å². The molecular weight excluding hydrogens is 260 g/mol. The first-order valence-electron chi connectivity index (χ1n) is 6.49. The molecule has 2 aliphatic rings. The topological polar surface area (TPSA) is 98.9 Å². The Bertz CT molecular complexity index is 575. The van der Waals surface area contributed by atoms with Crippen LogP contribution in [0, 0.1) is 0 Å². The number of anilines is 2. The molecule has 2 heterocycles. The van der Waals surface area contributed by atoms with Gasteiger partial charge in [-0.3, -0.25) is 0 Å². The molecule has 1 aromatic carbocycles. The maximum Gasteiger partial charge on any atom is 0.337 e. The van der Waals surface area contributed by atoms with Crippen molar-refractivity contribution >= 4 is 23.4 Å². The van der Waals surface area contributed by atoms with Crippen LogP contribution in [-0.2, 0) is 0 Å². The van der Waals surface area contributed by atoms with Crippen LogP contribution >= 0.6 is 0 Å². The average molecular weight is 276 g/mol. The largest absolute Gasteiger partial charge is 0.478 e. The second kappa shape index (κ2) is 4.59. The number of nitrogens with zero attached hydrogens (tertiary/aromatic N) is 2. The first-order chi connectivity index (χ1) is 9.58. The van der Waals surface area contributed by atoms with Gasteiger partial charge in [-0.25, -0.2) is 9.59 Å². The Balaban J connectivity index is 1.91. The Morgan fingerprint density at radius 3 is 2.95 bits per heavy atom. The number of carboxylic acids is 1. The van der Waals surface area contributed by atoms with E-state index in [-0.39, 0.29) is 17.6 Å². The standard InChI is InChI=1S/C13H16N4O3/c14-10-3-1-2-9(12(18)19)11(10)16-4-5-17-8(7-16)6-15-13(17)20/h1-3,8H,4-7,14H2,(H,15,20)(H,18,19). The lowest BCUT2D eigenvalue weighted by Crippen LogP contribution is -2.52. The van der Waals surface area contributed by atoms with Crippen LogP contribution < -0.4 is 16.0 Å². The van der Waals surface area contributed by atoms with Crippen LogP contribution in [0.15, 0.2) is 18.2 Å². The van der Waals surface area contributed by atoms with E-state index >= 15 is 0 Å². The first-order valence-corrected chi connectivity index (χ1v) is 6.49. The zero-order valence-electron chi connectivity index (χ0n) is 10.9. The summed E-state index contributed by atoms with van der Waals surface area (Å²) in [5.41, 5.74) is 7.17. The molecule has 4 N–H and O–H groups in total. The van der Waals surface area contributed by atoms with Gasteiger partial charge in [-0.2, -0.15) is 0 Å². The summed E-state index contributed by atoms with van der Waals surface area (Å²) in [4.78, 5) is 26.7. The summed E-state index contributed by atoms with van der Waals surface area (Å²) < 4.78 is 0. The van der Waals surface area contributed by atoms with Gasteiger partial charge in [-0.15, -0.1) is 0 Å². The minimum absolute atomic E-state index is 0.0471. The number of benzene rings is 1. The SMILES string of the molecule is Nc1cccc(C(=O)O)c1N1CCN2C(=O)NCC2C1. The van der Waals surface area contributed by atoms with E-state index in [4.69, 9.17) is 5.73 Å². The molecule has 0 aromatic heterocycles. The molecule has 20 heavy (non-hydrogen) atoms. The van der Waals surface area contributed by atoms with Gasteiger partial charge in [0.05, 0.1) is 23.0 Å². The Labute approximate surface area is 116 Å². The molecule has 2 saturated heterocycles. The van der Waals surface area contributed by atoms with E-state index in [9.17, 15) is 14.7 Å². The summed E-state index contributed by atoms with van der Waals surface area (Å²) in [6.45, 7) is 2.33. The zero-order chi connectivity index (χ0) is 14.3. The maximum atomic E-state index is 11.6. The number of nitrogens with two attached hydrogens (primary N) is 1. The zero-order valence-corrected chi connectivity index (χ0v) is 10.9. The van der Waals surface area contributed by atoms with Gasteiger partial charge < -0.3 is 26.0 Å². The van der Waals surface area contributed by atoms with E-state index < -0.39 is 5.97 Å². The molecule has 2 amide bonds. The number of urea groups is 1. The molecule has 1 unspecified atom stereocenters. The number of para-hydroxylation sites is 1. The van der Waals surface area contributed by atoms with Gasteiger partial charge in [-0.05, 0) is 12.1 Å². The molecule has 7 heteroatoms. The predicted molar refractivity (Wildman–Crippen MR) is 73.9 cm³/mol. The number of carboxylic acid groups (broad SMARTS) is 1. The van der Waals surface area contributed by atoms with Crippen LogP contribution in [0.5, 0.6) is 0 Å². The Morgan fingerprint density at radius 1 is 1.40 bits per heavy atom. The van der Waals surface area contributed by atoms with Crippen molar-refractivity contribution in [2.24, 2.45) is 0 Å². The van der Waals surface area contributed by atoms with Crippen molar-refractivity contribution in [1.29, 1.82) is 0 Å². The van der Waals surface area contributed by atoms with Gasteiger partial charge in [0.15, 0.2) is 0 Å². The number of hydrogen-bond donors (Lipinski definition) is 3. The number of carbonyl (C=O) groups excluding carboxylic acids is 1. The molecule has 1 atom stereocenters. The third-order valence-electron chi connectivity index (χ3n) is 3.85. The lowest BCUT2D eigenvalue weighted by molar-refractivity contribution is 0.0697. The van der Waals surface area contributed by atoms with Crippen molar-refractivity contribution in [2.45, 2.75) is 6.04 Å². The van der Waals surface area contributed by atoms with Crippen molar-refractivity contribution in [2.75, 3.05) is 36.8 Å². The van der Waals surface area contributed by atoms with E-state index in [2.05, 4.69) is 5.32 Å². The number of hydrogen-bond acceptors (Lipinski definition) is 4. The number of piperazine rings is 1. The average Bonchev–Trinajstić information content (AvgIpc) is 2.79. The monoisotopic (exact) mass is 276 g/mol. The Kier molecular flexibility index (Phi) is 2.89. The number of amides is 2. The van der Waals surface area contributed by atoms with Crippen molar-refractivity contribution in [3.8, 4) is 0 Å². The quantitative estimate of drug-likeness (QED) is 0.669. The van der Waals surface area contributed by atoms with Crippen molar-refractivity contribution < 1.29 is 14.7 Å². The lowest BCUT2D eigenvalue weighted by atomic mass is 10.1. The predicted octanol–water partition coefficient (Wildman–Crippen LogP) is 0.181. The van der Waals surface area contributed by atoms with Gasteiger partial charge in [0.25, 0.3) is 0 Å². The fourth-order valence-corrected chi connectivity index (χ4v) is 2.89. The first kappa shape index (κ1) is 12.6. The summed E-state index contributed by atoms with van der Waals surface area (Å²) in [6, 6.07) is 4.91. The van der Waals surface area contributed by atoms with Crippen LogP contribution in [0.3, 0.4) is 0 Å². The number of aromatic carboxylic acids is 1. The smallest absolute Gasteiger partial charge is 0.337 e. The van der Waals surface area contributed by atoms with E-state index in [0.717, 1.165) is 0 Å². The summed E-state index contributed by atoms with van der Waals surface area (Å²) in [5, 5.41) is 12.1. The highest BCUT2D eigenvalue weighted by Crippen LogP contribution is 2.30. The minimum Gasteiger partial charge on any atom is -0.478 e. The van der Waals surface area contributed by atoms with Crippen LogP contribution in [0.2, 0.25) is 0 Å². The van der Waals surface area contributed by atoms with Gasteiger partial charge in [0.1, 0.15) is 0 Å². The van der Waals surface area contributed by atoms with E-state index in [1.807, 2.05) is 4.90 Å². The molecule has 0 aliphatic carbocycles. The van der Waals surface area contributed by atoms with E-state index in [0.29, 0.717) is 37.6 Å². The summed E-state index contributed by atoms with van der Waals surface area (Å²) in [6.07, 6.45) is 0. The van der Waals surface area contributed by atoms with Gasteiger partial charge in [0, 0.05) is 26.2 Å². The molecule has 7 nitrogen and oxygen atoms in total. The Hall–Kier alpha value is -2.44. The number of rotatable bonds is 2. The van der Waals surface area contributed by atoms with E-state index in [1.165, 1.54) is 0 Å². The summed E-state index contributed by atoms with van der Waals surface area (Å²) in [7, 11) is 0. The fraction of sp³-hybridized carbons (Fsp3) is 0.385. The van der Waals surface area contributed by atoms with Gasteiger partial charge in [-0.1, -0.05) is 6.07 Å². The minimum atomic E-state index is -0.990.